The van der Waals surface area contributed by atoms with Crippen LogP contribution >= 0.6 is 0 Å². The lowest BCUT2D eigenvalue weighted by molar-refractivity contribution is -0.134. The molecule has 1 N–H and O–H groups in total. The standard InChI is InChI=1S/C20H24N4O3/c1-14-3-4-18(15(2)11-14)27-13-19(25)24-9-5-16(6-10-24)23-20(26)17-12-21-7-8-22-17/h3-4,7-8,11-12,16H,5-6,9-10,13H2,1-2H3,(H,23,26). The van der Waals surface area contributed by atoms with Gasteiger partial charge in [-0.05, 0) is 38.3 Å². The number of aryl methyl sites for hydroxylation is 2. The van der Waals surface area contributed by atoms with Gasteiger partial charge >= 0.3 is 0 Å². The molecule has 1 fully saturated rings. The minimum Gasteiger partial charge on any atom is -0.484 e. The second kappa shape index (κ2) is 8.62. The minimum atomic E-state index is -0.231. The highest BCUT2D eigenvalue weighted by Crippen LogP contribution is 2.19. The van der Waals surface area contributed by atoms with Gasteiger partial charge < -0.3 is 15.0 Å². The Kier molecular flexibility index (Phi) is 6.01. The Labute approximate surface area is 158 Å². The van der Waals surface area contributed by atoms with Crippen molar-refractivity contribution in [1.29, 1.82) is 0 Å². The molecule has 142 valence electrons. The molecule has 2 aromatic rings. The molecule has 1 saturated heterocycles. The number of aromatic nitrogens is 2. The molecule has 0 radical (unpaired) electrons. The van der Waals surface area contributed by atoms with Gasteiger partial charge in [-0.1, -0.05) is 17.7 Å². The Morgan fingerprint density at radius 3 is 2.67 bits per heavy atom. The number of benzene rings is 1. The summed E-state index contributed by atoms with van der Waals surface area (Å²) in [5.41, 5.74) is 2.49. The van der Waals surface area contributed by atoms with Crippen molar-refractivity contribution in [2.75, 3.05) is 19.7 Å². The van der Waals surface area contributed by atoms with E-state index < -0.39 is 0 Å². The maximum Gasteiger partial charge on any atom is 0.271 e. The van der Waals surface area contributed by atoms with E-state index in [1.54, 1.807) is 4.90 Å². The summed E-state index contributed by atoms with van der Waals surface area (Å²) in [6.45, 7) is 5.22. The molecule has 3 rings (SSSR count). The van der Waals surface area contributed by atoms with Crippen molar-refractivity contribution in [2.24, 2.45) is 0 Å². The predicted octanol–water partition coefficient (Wildman–Crippen LogP) is 1.89. The van der Waals surface area contributed by atoms with E-state index in [1.807, 2.05) is 32.0 Å². The summed E-state index contributed by atoms with van der Waals surface area (Å²) in [4.78, 5) is 34.2. The Balaban J connectivity index is 1.44. The van der Waals surface area contributed by atoms with Gasteiger partial charge in [-0.25, -0.2) is 4.98 Å². The van der Waals surface area contributed by atoms with E-state index in [4.69, 9.17) is 4.74 Å². The fraction of sp³-hybridized carbons (Fsp3) is 0.400. The van der Waals surface area contributed by atoms with Crippen molar-refractivity contribution >= 4 is 11.8 Å². The molecule has 0 aliphatic carbocycles. The summed E-state index contributed by atoms with van der Waals surface area (Å²) in [5, 5.41) is 2.95. The molecule has 1 aliphatic heterocycles. The average Bonchev–Trinajstić information content (AvgIpc) is 2.68. The number of nitrogens with zero attached hydrogens (tertiary/aromatic N) is 3. The largest absolute Gasteiger partial charge is 0.484 e. The summed E-state index contributed by atoms with van der Waals surface area (Å²) < 4.78 is 5.68. The molecule has 0 spiro atoms. The second-order valence-corrected chi connectivity index (χ2v) is 6.78. The highest BCUT2D eigenvalue weighted by atomic mass is 16.5. The zero-order valence-corrected chi connectivity index (χ0v) is 15.6. The van der Waals surface area contributed by atoms with E-state index in [1.165, 1.54) is 18.6 Å². The summed E-state index contributed by atoms with van der Waals surface area (Å²) in [6.07, 6.45) is 5.88. The molecule has 7 heteroatoms. The van der Waals surface area contributed by atoms with Gasteiger partial charge in [0.2, 0.25) is 0 Å². The molecule has 1 aliphatic rings. The van der Waals surface area contributed by atoms with E-state index in [0.29, 0.717) is 31.6 Å². The molecule has 0 bridgehead atoms. The van der Waals surface area contributed by atoms with E-state index >= 15 is 0 Å². The topological polar surface area (TPSA) is 84.4 Å². The average molecular weight is 368 g/mol. The molecule has 27 heavy (non-hydrogen) atoms. The van der Waals surface area contributed by atoms with Crippen molar-refractivity contribution < 1.29 is 14.3 Å². The first-order valence-corrected chi connectivity index (χ1v) is 9.07. The smallest absolute Gasteiger partial charge is 0.271 e. The normalized spacial score (nSPS) is 14.7. The molecular formula is C20H24N4O3. The third kappa shape index (κ3) is 5.03. The third-order valence-corrected chi connectivity index (χ3v) is 4.66. The van der Waals surface area contributed by atoms with Gasteiger partial charge in [0.05, 0.1) is 6.20 Å². The van der Waals surface area contributed by atoms with Gasteiger partial charge in [-0.2, -0.15) is 0 Å². The molecule has 7 nitrogen and oxygen atoms in total. The van der Waals surface area contributed by atoms with E-state index in [-0.39, 0.29) is 24.5 Å². The van der Waals surface area contributed by atoms with Crippen LogP contribution < -0.4 is 10.1 Å². The molecule has 0 atom stereocenters. The molecule has 2 amide bonds. The number of hydrogen-bond donors (Lipinski definition) is 1. The summed E-state index contributed by atoms with van der Waals surface area (Å²) in [6, 6.07) is 5.93. The predicted molar refractivity (Wildman–Crippen MR) is 101 cm³/mol. The zero-order chi connectivity index (χ0) is 19.2. The van der Waals surface area contributed by atoms with Crippen LogP contribution in [0.1, 0.15) is 34.5 Å². The molecule has 0 saturated carbocycles. The first-order chi connectivity index (χ1) is 13.0. The SMILES string of the molecule is Cc1ccc(OCC(=O)N2CCC(NC(=O)c3cnccn3)CC2)c(C)c1. The number of nitrogens with one attached hydrogen (secondary N) is 1. The molecule has 0 unspecified atom stereocenters. The van der Waals surface area contributed by atoms with Crippen LogP contribution in [0.4, 0.5) is 0 Å². The lowest BCUT2D eigenvalue weighted by Crippen LogP contribution is -2.47. The van der Waals surface area contributed by atoms with Crippen LogP contribution in [0.5, 0.6) is 5.75 Å². The maximum atomic E-state index is 12.4. The van der Waals surface area contributed by atoms with Gasteiger partial charge in [0.15, 0.2) is 6.61 Å². The summed E-state index contributed by atoms with van der Waals surface area (Å²) in [5.74, 6) is 0.472. The van der Waals surface area contributed by atoms with Gasteiger partial charge in [-0.3, -0.25) is 14.6 Å². The number of hydrogen-bond acceptors (Lipinski definition) is 5. The van der Waals surface area contributed by atoms with Gasteiger partial charge in [0.1, 0.15) is 11.4 Å². The second-order valence-electron chi connectivity index (χ2n) is 6.78. The van der Waals surface area contributed by atoms with Crippen LogP contribution in [0.3, 0.4) is 0 Å². The molecular weight excluding hydrogens is 344 g/mol. The third-order valence-electron chi connectivity index (χ3n) is 4.66. The number of amides is 2. The summed E-state index contributed by atoms with van der Waals surface area (Å²) in [7, 11) is 0. The van der Waals surface area contributed by atoms with E-state index in [2.05, 4.69) is 15.3 Å². The van der Waals surface area contributed by atoms with Crippen LogP contribution in [-0.4, -0.2) is 52.4 Å². The highest BCUT2D eigenvalue weighted by molar-refractivity contribution is 5.92. The van der Waals surface area contributed by atoms with Crippen molar-refractivity contribution in [3.05, 3.63) is 53.6 Å². The number of carbonyl (C=O) groups is 2. The summed E-state index contributed by atoms with van der Waals surface area (Å²) >= 11 is 0. The minimum absolute atomic E-state index is 0.0283. The van der Waals surface area contributed by atoms with Gasteiger partial charge in [-0.15, -0.1) is 0 Å². The first kappa shape index (κ1) is 18.8. The molecule has 1 aromatic heterocycles. The zero-order valence-electron chi connectivity index (χ0n) is 15.6. The monoisotopic (exact) mass is 368 g/mol. The fourth-order valence-electron chi connectivity index (χ4n) is 3.14. The van der Waals surface area contributed by atoms with Crippen molar-refractivity contribution in [3.63, 3.8) is 0 Å². The molecule has 1 aromatic carbocycles. The van der Waals surface area contributed by atoms with Crippen LogP contribution in [0.25, 0.3) is 0 Å². The van der Waals surface area contributed by atoms with Crippen molar-refractivity contribution in [2.45, 2.75) is 32.7 Å². The van der Waals surface area contributed by atoms with Crippen LogP contribution in [0.2, 0.25) is 0 Å². The number of likely N-dealkylation sites (tertiary alicyclic amines) is 1. The van der Waals surface area contributed by atoms with Gasteiger partial charge in [0.25, 0.3) is 11.8 Å². The van der Waals surface area contributed by atoms with E-state index in [9.17, 15) is 9.59 Å². The highest BCUT2D eigenvalue weighted by Gasteiger charge is 2.24. The Bertz CT molecular complexity index is 802. The van der Waals surface area contributed by atoms with Crippen molar-refractivity contribution in [3.8, 4) is 5.75 Å². The lowest BCUT2D eigenvalue weighted by atomic mass is 10.0. The Morgan fingerprint density at radius 1 is 1.22 bits per heavy atom. The number of piperidine rings is 1. The Hall–Kier alpha value is -2.96. The van der Waals surface area contributed by atoms with Crippen molar-refractivity contribution in [1.82, 2.24) is 20.2 Å². The number of rotatable bonds is 5. The van der Waals surface area contributed by atoms with Gasteiger partial charge in [0, 0.05) is 31.5 Å². The molecule has 2 heterocycles. The number of ether oxygens (including phenoxy) is 1. The van der Waals surface area contributed by atoms with E-state index in [0.717, 1.165) is 16.9 Å². The van der Waals surface area contributed by atoms with Crippen LogP contribution in [0.15, 0.2) is 36.8 Å². The van der Waals surface area contributed by atoms with Crippen LogP contribution in [0, 0.1) is 13.8 Å². The quantitative estimate of drug-likeness (QED) is 0.871. The van der Waals surface area contributed by atoms with Crippen LogP contribution in [-0.2, 0) is 4.79 Å². The first-order valence-electron chi connectivity index (χ1n) is 9.07. The number of carbonyl (C=O) groups excluding carboxylic acids is 2. The Morgan fingerprint density at radius 2 is 2.00 bits per heavy atom. The maximum absolute atomic E-state index is 12.4. The lowest BCUT2D eigenvalue weighted by Gasteiger charge is -2.32. The fourth-order valence-corrected chi connectivity index (χ4v) is 3.14.